The summed E-state index contributed by atoms with van der Waals surface area (Å²) in [5.41, 5.74) is 5.13. The smallest absolute Gasteiger partial charge is 0.319 e. The molecule has 1 saturated heterocycles. The van der Waals surface area contributed by atoms with Crippen molar-refractivity contribution < 1.29 is 14.6 Å². The minimum Gasteiger partial charge on any atom is -0.488 e. The van der Waals surface area contributed by atoms with E-state index in [1.54, 1.807) is 25.2 Å². The average molecular weight is 416 g/mol. The summed E-state index contributed by atoms with van der Waals surface area (Å²) in [6.45, 7) is 6.20. The number of hydrogen-bond donors (Lipinski definition) is 1. The molecule has 6 heteroatoms. The zero-order valence-electron chi connectivity index (χ0n) is 16.4. The van der Waals surface area contributed by atoms with Gasteiger partial charge in [-0.05, 0) is 63.4 Å². The van der Waals surface area contributed by atoms with Crippen molar-refractivity contribution in [3.05, 3.63) is 51.2 Å². The fourth-order valence-electron chi connectivity index (χ4n) is 3.67. The highest BCUT2D eigenvalue weighted by Gasteiger charge is 2.30. The Morgan fingerprint density at radius 3 is 2.71 bits per heavy atom. The maximum absolute atomic E-state index is 11.6. The molecule has 0 spiro atoms. The summed E-state index contributed by atoms with van der Waals surface area (Å²) in [4.78, 5) is 16.2. The van der Waals surface area contributed by atoms with Crippen molar-refractivity contribution in [2.24, 2.45) is 0 Å². The molecule has 0 radical (unpaired) electrons. The van der Waals surface area contributed by atoms with Crippen LogP contribution in [0.15, 0.2) is 40.1 Å². The summed E-state index contributed by atoms with van der Waals surface area (Å²) in [7, 11) is 2.17. The van der Waals surface area contributed by atoms with E-state index in [-0.39, 0.29) is 0 Å². The van der Waals surface area contributed by atoms with Gasteiger partial charge in [-0.3, -0.25) is 4.79 Å². The number of piperidine rings is 1. The first-order valence-corrected chi connectivity index (χ1v) is 11.2. The molecule has 2 aromatic rings. The van der Waals surface area contributed by atoms with Crippen LogP contribution in [0, 0.1) is 0 Å². The maximum atomic E-state index is 11.6. The van der Waals surface area contributed by atoms with Gasteiger partial charge < -0.3 is 14.7 Å². The predicted octanol–water partition coefficient (Wildman–Crippen LogP) is 5.12. The van der Waals surface area contributed by atoms with Crippen molar-refractivity contribution in [2.45, 2.75) is 42.9 Å². The fraction of sp³-hybridized carbons (Fsp3) is 0.409. The van der Waals surface area contributed by atoms with Crippen LogP contribution in [0.5, 0.6) is 5.75 Å². The molecule has 1 N–H and O–H groups in total. The number of aliphatic carboxylic acids is 1. The molecule has 1 fully saturated rings. The minimum atomic E-state index is -0.880. The Morgan fingerprint density at radius 1 is 1.25 bits per heavy atom. The first kappa shape index (κ1) is 19.6. The Hall–Kier alpha value is -1.76. The van der Waals surface area contributed by atoms with E-state index in [4.69, 9.17) is 4.74 Å². The Balaban J connectivity index is 1.83. The molecular formula is C22H25NO3S2. The van der Waals surface area contributed by atoms with Crippen molar-refractivity contribution in [3.8, 4) is 5.75 Å². The molecule has 0 bridgehead atoms. The largest absolute Gasteiger partial charge is 0.488 e. The molecule has 28 heavy (non-hydrogen) atoms. The lowest BCUT2D eigenvalue weighted by Crippen LogP contribution is -2.27. The van der Waals surface area contributed by atoms with E-state index >= 15 is 0 Å². The van der Waals surface area contributed by atoms with Gasteiger partial charge in [-0.25, -0.2) is 0 Å². The van der Waals surface area contributed by atoms with Crippen molar-refractivity contribution in [1.29, 1.82) is 0 Å². The number of likely N-dealkylation sites (tertiary alicyclic amines) is 1. The third-order valence-corrected chi connectivity index (χ3v) is 7.56. The van der Waals surface area contributed by atoms with Crippen LogP contribution >= 0.6 is 23.1 Å². The van der Waals surface area contributed by atoms with E-state index in [9.17, 15) is 9.90 Å². The lowest BCUT2D eigenvalue weighted by molar-refractivity contribution is -0.138. The molecule has 0 saturated carbocycles. The van der Waals surface area contributed by atoms with Crippen LogP contribution in [0.25, 0.3) is 5.57 Å². The number of carbonyl (C=O) groups is 1. The van der Waals surface area contributed by atoms with Crippen LogP contribution in [0.2, 0.25) is 0 Å². The number of thioether (sulfide) groups is 1. The molecule has 2 aliphatic heterocycles. The van der Waals surface area contributed by atoms with Gasteiger partial charge in [0.1, 0.15) is 17.1 Å². The second kappa shape index (κ2) is 7.58. The van der Waals surface area contributed by atoms with Gasteiger partial charge in [0.05, 0.1) is 0 Å². The lowest BCUT2D eigenvalue weighted by atomic mass is 9.91. The highest BCUT2D eigenvalue weighted by molar-refractivity contribution is 8.01. The van der Waals surface area contributed by atoms with Gasteiger partial charge in [0.15, 0.2) is 0 Å². The number of ether oxygens (including phenoxy) is 1. The van der Waals surface area contributed by atoms with Crippen LogP contribution in [0.1, 0.15) is 42.7 Å². The molecule has 4 rings (SSSR count). The number of benzene rings is 1. The maximum Gasteiger partial charge on any atom is 0.319 e. The third kappa shape index (κ3) is 3.73. The molecule has 0 unspecified atom stereocenters. The molecule has 0 atom stereocenters. The summed E-state index contributed by atoms with van der Waals surface area (Å²) < 4.78 is 5.26. The summed E-state index contributed by atoms with van der Waals surface area (Å²) >= 11 is 3.16. The number of thiophene rings is 1. The Bertz CT molecular complexity index is 935. The van der Waals surface area contributed by atoms with E-state index < -0.39 is 10.7 Å². The lowest BCUT2D eigenvalue weighted by Gasteiger charge is -2.27. The fourth-order valence-corrected chi connectivity index (χ4v) is 5.68. The topological polar surface area (TPSA) is 49.8 Å². The van der Waals surface area contributed by atoms with E-state index in [0.717, 1.165) is 42.1 Å². The summed E-state index contributed by atoms with van der Waals surface area (Å²) in [6.07, 6.45) is 2.11. The van der Waals surface area contributed by atoms with Gasteiger partial charge in [0.25, 0.3) is 0 Å². The third-order valence-electron chi connectivity index (χ3n) is 5.41. The predicted molar refractivity (Wildman–Crippen MR) is 115 cm³/mol. The molecule has 1 aromatic heterocycles. The number of nitrogens with zero attached hydrogens (tertiary/aromatic N) is 1. The minimum absolute atomic E-state index is 0.579. The van der Waals surface area contributed by atoms with Crippen molar-refractivity contribution in [3.63, 3.8) is 0 Å². The van der Waals surface area contributed by atoms with Gasteiger partial charge in [-0.1, -0.05) is 5.57 Å². The SMILES string of the molecule is CN1CCC(=C2c3cc(SC(C)(C)C(=O)O)ccc3OCc3ccsc32)CC1. The molecule has 2 aliphatic rings. The Kier molecular flexibility index (Phi) is 5.29. The van der Waals surface area contributed by atoms with Crippen LogP contribution in [0.3, 0.4) is 0 Å². The van der Waals surface area contributed by atoms with Crippen LogP contribution < -0.4 is 4.74 Å². The quantitative estimate of drug-likeness (QED) is 0.705. The van der Waals surface area contributed by atoms with E-state index in [1.807, 2.05) is 12.1 Å². The molecule has 3 heterocycles. The molecule has 0 amide bonds. The van der Waals surface area contributed by atoms with Gasteiger partial charge in [0, 0.05) is 39.6 Å². The van der Waals surface area contributed by atoms with Crippen LogP contribution in [-0.4, -0.2) is 40.9 Å². The number of rotatable bonds is 3. The Labute approximate surface area is 174 Å². The Morgan fingerprint density at radius 2 is 2.00 bits per heavy atom. The number of carboxylic acid groups (broad SMARTS) is 1. The molecule has 0 aliphatic carbocycles. The monoisotopic (exact) mass is 415 g/mol. The zero-order chi connectivity index (χ0) is 19.9. The highest BCUT2D eigenvalue weighted by Crippen LogP contribution is 2.45. The average Bonchev–Trinajstić information content (AvgIpc) is 3.05. The standard InChI is InChI=1S/C22H25NO3S2/c1-22(2,21(24)25)28-16-4-5-18-17(12-16)19(14-6-9-23(3)10-7-14)20-15(13-26-18)8-11-27-20/h4-5,8,11-12H,6-7,9-10,13H2,1-3H3,(H,24,25). The first-order valence-electron chi connectivity index (χ1n) is 9.52. The van der Waals surface area contributed by atoms with E-state index in [2.05, 4.69) is 29.5 Å². The van der Waals surface area contributed by atoms with Crippen LogP contribution in [-0.2, 0) is 11.4 Å². The van der Waals surface area contributed by atoms with Crippen LogP contribution in [0.4, 0.5) is 0 Å². The second-order valence-electron chi connectivity index (χ2n) is 7.92. The summed E-state index contributed by atoms with van der Waals surface area (Å²) in [5.74, 6) is 0.0837. The molecule has 1 aromatic carbocycles. The van der Waals surface area contributed by atoms with E-state index in [0.29, 0.717) is 6.61 Å². The first-order chi connectivity index (χ1) is 13.3. The van der Waals surface area contributed by atoms with Gasteiger partial charge in [-0.2, -0.15) is 0 Å². The second-order valence-corrected chi connectivity index (χ2v) is 10.5. The number of hydrogen-bond acceptors (Lipinski definition) is 5. The van der Waals surface area contributed by atoms with Crippen molar-refractivity contribution >= 4 is 34.6 Å². The molecular weight excluding hydrogens is 390 g/mol. The normalized spacial score (nSPS) is 17.5. The highest BCUT2D eigenvalue weighted by atomic mass is 32.2. The summed E-state index contributed by atoms with van der Waals surface area (Å²) in [6, 6.07) is 8.26. The number of carboxylic acids is 1. The summed E-state index contributed by atoms with van der Waals surface area (Å²) in [5, 5.41) is 11.7. The van der Waals surface area contributed by atoms with Crippen molar-refractivity contribution in [1.82, 2.24) is 4.90 Å². The van der Waals surface area contributed by atoms with Crippen molar-refractivity contribution in [2.75, 3.05) is 20.1 Å². The van der Waals surface area contributed by atoms with Gasteiger partial charge >= 0.3 is 5.97 Å². The van der Waals surface area contributed by atoms with Gasteiger partial charge in [0.2, 0.25) is 0 Å². The zero-order valence-corrected chi connectivity index (χ0v) is 18.1. The number of fused-ring (bicyclic) bond motifs is 2. The van der Waals surface area contributed by atoms with E-state index in [1.165, 1.54) is 33.3 Å². The van der Waals surface area contributed by atoms with Gasteiger partial charge in [-0.15, -0.1) is 23.1 Å². The molecule has 148 valence electrons. The molecule has 4 nitrogen and oxygen atoms in total.